The molecule has 1 aliphatic carbocycles. The fourth-order valence-corrected chi connectivity index (χ4v) is 2.92. The van der Waals surface area contributed by atoms with Crippen molar-refractivity contribution in [1.29, 1.82) is 0 Å². The molecule has 0 spiro atoms. The molecule has 1 fully saturated rings. The van der Waals surface area contributed by atoms with Crippen molar-refractivity contribution in [1.82, 2.24) is 4.98 Å². The number of benzene rings is 1. The highest BCUT2D eigenvalue weighted by Gasteiger charge is 2.19. The third-order valence-electron chi connectivity index (χ3n) is 3.97. The van der Waals surface area contributed by atoms with Gasteiger partial charge in [-0.25, -0.2) is 13.2 Å². The molecule has 2 N–H and O–H groups in total. The van der Waals surface area contributed by atoms with Gasteiger partial charge >= 0.3 is 0 Å². The van der Waals surface area contributed by atoms with Crippen molar-refractivity contribution < 1.29 is 13.2 Å². The highest BCUT2D eigenvalue weighted by molar-refractivity contribution is 5.75. The summed E-state index contributed by atoms with van der Waals surface area (Å²) >= 11 is 0. The molecule has 5 heteroatoms. The summed E-state index contributed by atoms with van der Waals surface area (Å²) < 4.78 is 40.6. The van der Waals surface area contributed by atoms with Gasteiger partial charge in [0.15, 0.2) is 11.6 Å². The van der Waals surface area contributed by atoms with E-state index in [4.69, 9.17) is 0 Å². The molecule has 1 aliphatic rings. The lowest BCUT2D eigenvalue weighted by Crippen LogP contribution is -2.22. The predicted octanol–water partition coefficient (Wildman–Crippen LogP) is 4.84. The van der Waals surface area contributed by atoms with Gasteiger partial charge in [-0.2, -0.15) is 0 Å². The van der Waals surface area contributed by atoms with Crippen molar-refractivity contribution in [3.8, 4) is 11.3 Å². The van der Waals surface area contributed by atoms with Crippen LogP contribution < -0.4 is 5.32 Å². The number of rotatable bonds is 3. The Morgan fingerprint density at radius 2 is 1.81 bits per heavy atom. The molecule has 1 heterocycles. The quantitative estimate of drug-likeness (QED) is 0.779. The van der Waals surface area contributed by atoms with Crippen LogP contribution in [0.4, 0.5) is 18.9 Å². The number of aromatic amines is 1. The molecule has 21 heavy (non-hydrogen) atoms. The van der Waals surface area contributed by atoms with E-state index in [1.807, 2.05) is 0 Å². The molecule has 0 radical (unpaired) electrons. The van der Waals surface area contributed by atoms with E-state index >= 15 is 0 Å². The van der Waals surface area contributed by atoms with Crippen LogP contribution in [0, 0.1) is 17.5 Å². The summed E-state index contributed by atoms with van der Waals surface area (Å²) in [5, 5.41) is 3.35. The summed E-state index contributed by atoms with van der Waals surface area (Å²) in [4.78, 5) is 2.87. The molecule has 3 rings (SSSR count). The summed E-state index contributed by atoms with van der Waals surface area (Å²) in [6, 6.07) is 3.66. The number of aromatic nitrogens is 1. The van der Waals surface area contributed by atoms with Gasteiger partial charge in [-0.15, -0.1) is 0 Å². The summed E-state index contributed by atoms with van der Waals surface area (Å²) in [6.07, 6.45) is 7.33. The van der Waals surface area contributed by atoms with Crippen LogP contribution in [0.5, 0.6) is 0 Å². The maximum Gasteiger partial charge on any atom is 0.168 e. The number of H-pyrrole nitrogens is 1. The Morgan fingerprint density at radius 1 is 1.05 bits per heavy atom. The summed E-state index contributed by atoms with van der Waals surface area (Å²) in [6.45, 7) is 0. The SMILES string of the molecule is Fc1cc(F)c(F)c(-c2[nH]ccc2NC2CCCCC2)c1. The molecule has 2 aromatic rings. The van der Waals surface area contributed by atoms with Gasteiger partial charge in [0.2, 0.25) is 0 Å². The monoisotopic (exact) mass is 294 g/mol. The Balaban J connectivity index is 1.91. The maximum atomic E-state index is 13.9. The van der Waals surface area contributed by atoms with Crippen molar-refractivity contribution in [2.24, 2.45) is 0 Å². The van der Waals surface area contributed by atoms with E-state index in [2.05, 4.69) is 10.3 Å². The Hall–Kier alpha value is -1.91. The fraction of sp³-hybridized carbons (Fsp3) is 0.375. The largest absolute Gasteiger partial charge is 0.381 e. The van der Waals surface area contributed by atoms with Gasteiger partial charge in [0.25, 0.3) is 0 Å². The molecule has 0 saturated heterocycles. The van der Waals surface area contributed by atoms with E-state index in [-0.39, 0.29) is 5.56 Å². The lowest BCUT2D eigenvalue weighted by molar-refractivity contribution is 0.463. The first-order chi connectivity index (χ1) is 10.1. The maximum absolute atomic E-state index is 13.9. The van der Waals surface area contributed by atoms with Crippen LogP contribution in [0.2, 0.25) is 0 Å². The van der Waals surface area contributed by atoms with E-state index in [9.17, 15) is 13.2 Å². The Bertz CT molecular complexity index is 630. The molecule has 0 bridgehead atoms. The molecule has 0 atom stereocenters. The van der Waals surface area contributed by atoms with Crippen molar-refractivity contribution in [2.75, 3.05) is 5.32 Å². The fourth-order valence-electron chi connectivity index (χ4n) is 2.92. The lowest BCUT2D eigenvalue weighted by Gasteiger charge is -2.24. The van der Waals surface area contributed by atoms with Crippen LogP contribution in [0.25, 0.3) is 11.3 Å². The van der Waals surface area contributed by atoms with Crippen LogP contribution in [0.15, 0.2) is 24.4 Å². The van der Waals surface area contributed by atoms with Crippen LogP contribution in [0.1, 0.15) is 32.1 Å². The minimum Gasteiger partial charge on any atom is -0.381 e. The van der Waals surface area contributed by atoms with E-state index in [0.717, 1.165) is 18.9 Å². The first kappa shape index (κ1) is 14.0. The lowest BCUT2D eigenvalue weighted by atomic mass is 9.95. The molecule has 1 aromatic carbocycles. The molecule has 0 aliphatic heterocycles. The molecule has 2 nitrogen and oxygen atoms in total. The van der Waals surface area contributed by atoms with Gasteiger partial charge in [-0.1, -0.05) is 19.3 Å². The first-order valence-electron chi connectivity index (χ1n) is 7.24. The summed E-state index contributed by atoms with van der Waals surface area (Å²) in [5.74, 6) is -3.00. The van der Waals surface area contributed by atoms with Crippen molar-refractivity contribution in [3.63, 3.8) is 0 Å². The minimum absolute atomic E-state index is 0.0872. The van der Waals surface area contributed by atoms with E-state index in [0.29, 0.717) is 23.5 Å². The van der Waals surface area contributed by atoms with Crippen LogP contribution in [-0.2, 0) is 0 Å². The number of hydrogen-bond acceptors (Lipinski definition) is 1. The normalized spacial score (nSPS) is 16.1. The van der Waals surface area contributed by atoms with Crippen LogP contribution in [-0.4, -0.2) is 11.0 Å². The predicted molar refractivity (Wildman–Crippen MR) is 76.6 cm³/mol. The second-order valence-electron chi connectivity index (χ2n) is 5.49. The van der Waals surface area contributed by atoms with Gasteiger partial charge in [0.05, 0.1) is 11.4 Å². The van der Waals surface area contributed by atoms with Crippen LogP contribution in [0.3, 0.4) is 0 Å². The smallest absolute Gasteiger partial charge is 0.168 e. The summed E-state index contributed by atoms with van der Waals surface area (Å²) in [5.41, 5.74) is 0.984. The summed E-state index contributed by atoms with van der Waals surface area (Å²) in [7, 11) is 0. The molecule has 0 amide bonds. The number of nitrogens with one attached hydrogen (secondary N) is 2. The van der Waals surface area contributed by atoms with E-state index in [1.54, 1.807) is 12.3 Å². The third-order valence-corrected chi connectivity index (χ3v) is 3.97. The molecule has 1 aromatic heterocycles. The standard InChI is InChI=1S/C16H17F3N2/c17-10-8-12(15(19)13(18)9-10)16-14(6-7-20-16)21-11-4-2-1-3-5-11/h6-9,11,20-21H,1-5H2. The van der Waals surface area contributed by atoms with Gasteiger partial charge in [-0.05, 0) is 25.0 Å². The number of anilines is 1. The topological polar surface area (TPSA) is 27.8 Å². The zero-order valence-electron chi connectivity index (χ0n) is 11.6. The van der Waals surface area contributed by atoms with E-state index in [1.165, 1.54) is 19.3 Å². The first-order valence-corrected chi connectivity index (χ1v) is 7.24. The molecule has 112 valence electrons. The highest BCUT2D eigenvalue weighted by Crippen LogP contribution is 2.32. The van der Waals surface area contributed by atoms with Gasteiger partial charge in [0.1, 0.15) is 5.82 Å². The second kappa shape index (κ2) is 5.84. The van der Waals surface area contributed by atoms with Gasteiger partial charge < -0.3 is 10.3 Å². The molecular weight excluding hydrogens is 277 g/mol. The van der Waals surface area contributed by atoms with Gasteiger partial charge in [-0.3, -0.25) is 0 Å². The van der Waals surface area contributed by atoms with Gasteiger partial charge in [0, 0.05) is 23.9 Å². The Kier molecular flexibility index (Phi) is 3.90. The van der Waals surface area contributed by atoms with E-state index < -0.39 is 17.5 Å². The van der Waals surface area contributed by atoms with Crippen molar-refractivity contribution >= 4 is 5.69 Å². The zero-order chi connectivity index (χ0) is 14.8. The van der Waals surface area contributed by atoms with Crippen molar-refractivity contribution in [2.45, 2.75) is 38.1 Å². The third kappa shape index (κ3) is 2.91. The Labute approximate surface area is 121 Å². The second-order valence-corrected chi connectivity index (χ2v) is 5.49. The average Bonchev–Trinajstić information content (AvgIpc) is 2.92. The van der Waals surface area contributed by atoms with Crippen LogP contribution >= 0.6 is 0 Å². The minimum atomic E-state index is -1.18. The highest BCUT2D eigenvalue weighted by atomic mass is 19.2. The molecule has 1 saturated carbocycles. The molecule has 0 unspecified atom stereocenters. The Morgan fingerprint density at radius 3 is 2.57 bits per heavy atom. The molecular formula is C16H17F3N2. The number of halogens is 3. The zero-order valence-corrected chi connectivity index (χ0v) is 11.6. The number of hydrogen-bond donors (Lipinski definition) is 2. The average molecular weight is 294 g/mol. The van der Waals surface area contributed by atoms with Crippen molar-refractivity contribution in [3.05, 3.63) is 41.8 Å².